The Balaban J connectivity index is 1.43. The molecule has 176 valence electrons. The Hall–Kier alpha value is -3.71. The molecule has 2 heterocycles. The molecule has 8 heteroatoms. The summed E-state index contributed by atoms with van der Waals surface area (Å²) in [5.74, 6) is 0. The van der Waals surface area contributed by atoms with Crippen molar-refractivity contribution in [2.24, 2.45) is 4.99 Å². The molecule has 0 saturated carbocycles. The SMILES string of the molecule is C=NC(=C)c1ncn(CCCCOC(=O)NCc2cccc(-c3ccccn3)c2)c1/C=C(\C)Cl. The van der Waals surface area contributed by atoms with E-state index < -0.39 is 6.09 Å². The minimum atomic E-state index is -0.442. The van der Waals surface area contributed by atoms with Gasteiger partial charge in [0, 0.05) is 29.9 Å². The number of aryl methyl sites for hydroxylation is 1. The number of allylic oxidation sites excluding steroid dienone is 1. The first kappa shape index (κ1) is 24.9. The number of rotatable bonds is 11. The number of hydrogen-bond acceptors (Lipinski definition) is 5. The molecule has 0 bridgehead atoms. The number of pyridine rings is 1. The Labute approximate surface area is 204 Å². The Bertz CT molecular complexity index is 1170. The minimum absolute atomic E-state index is 0.321. The summed E-state index contributed by atoms with van der Waals surface area (Å²) in [7, 11) is 0. The van der Waals surface area contributed by atoms with E-state index in [0.717, 1.165) is 28.9 Å². The van der Waals surface area contributed by atoms with Crippen molar-refractivity contribution < 1.29 is 9.53 Å². The summed E-state index contributed by atoms with van der Waals surface area (Å²) in [6.45, 7) is 10.6. The average molecular weight is 478 g/mol. The van der Waals surface area contributed by atoms with Crippen LogP contribution in [0.3, 0.4) is 0 Å². The highest BCUT2D eigenvalue weighted by atomic mass is 35.5. The van der Waals surface area contributed by atoms with E-state index in [2.05, 4.69) is 33.6 Å². The first-order valence-electron chi connectivity index (χ1n) is 10.9. The van der Waals surface area contributed by atoms with Crippen molar-refractivity contribution in [2.75, 3.05) is 6.61 Å². The Kier molecular flexibility index (Phi) is 9.17. The van der Waals surface area contributed by atoms with Crippen LogP contribution in [-0.4, -0.2) is 34.0 Å². The van der Waals surface area contributed by atoms with Crippen LogP contribution in [0, 0.1) is 0 Å². The lowest BCUT2D eigenvalue weighted by Crippen LogP contribution is -2.24. The molecule has 3 rings (SSSR count). The number of halogens is 1. The number of nitrogens with one attached hydrogen (secondary N) is 1. The average Bonchev–Trinajstić information content (AvgIpc) is 3.24. The van der Waals surface area contributed by atoms with E-state index in [4.69, 9.17) is 16.3 Å². The summed E-state index contributed by atoms with van der Waals surface area (Å²) in [5.41, 5.74) is 4.84. The number of hydrogen-bond donors (Lipinski definition) is 1. The monoisotopic (exact) mass is 477 g/mol. The zero-order chi connectivity index (χ0) is 24.3. The van der Waals surface area contributed by atoms with Crippen LogP contribution in [0.4, 0.5) is 4.79 Å². The zero-order valence-corrected chi connectivity index (χ0v) is 20.0. The summed E-state index contributed by atoms with van der Waals surface area (Å²) in [4.78, 5) is 24.7. The van der Waals surface area contributed by atoms with Gasteiger partial charge in [0.1, 0.15) is 5.69 Å². The Morgan fingerprint density at radius 2 is 2.09 bits per heavy atom. The maximum atomic E-state index is 12.1. The van der Waals surface area contributed by atoms with E-state index in [1.54, 1.807) is 19.4 Å². The largest absolute Gasteiger partial charge is 0.450 e. The molecule has 3 aromatic rings. The third kappa shape index (κ3) is 7.15. The van der Waals surface area contributed by atoms with Crippen LogP contribution >= 0.6 is 11.6 Å². The van der Waals surface area contributed by atoms with Crippen molar-refractivity contribution in [3.05, 3.63) is 83.6 Å². The molecular formula is C26H28ClN5O2. The van der Waals surface area contributed by atoms with Gasteiger partial charge in [-0.25, -0.2) is 9.78 Å². The van der Waals surface area contributed by atoms with Crippen molar-refractivity contribution in [2.45, 2.75) is 32.9 Å². The van der Waals surface area contributed by atoms with Crippen molar-refractivity contribution in [3.8, 4) is 11.3 Å². The fourth-order valence-electron chi connectivity index (χ4n) is 3.36. The fourth-order valence-corrected chi connectivity index (χ4v) is 3.46. The second kappa shape index (κ2) is 12.5. The number of nitrogens with zero attached hydrogens (tertiary/aromatic N) is 4. The maximum Gasteiger partial charge on any atom is 0.407 e. The van der Waals surface area contributed by atoms with Gasteiger partial charge in [0.05, 0.1) is 30.0 Å². The van der Waals surface area contributed by atoms with Crippen LogP contribution < -0.4 is 5.32 Å². The quantitative estimate of drug-likeness (QED) is 0.274. The van der Waals surface area contributed by atoms with Crippen LogP contribution in [0.5, 0.6) is 0 Å². The van der Waals surface area contributed by atoms with Crippen molar-refractivity contribution in [1.29, 1.82) is 0 Å². The van der Waals surface area contributed by atoms with Gasteiger partial charge >= 0.3 is 6.09 Å². The molecule has 0 aliphatic rings. The number of carbonyl (C=O) groups is 1. The number of carbonyl (C=O) groups excluding carboxylic acids is 1. The second-order valence-corrected chi connectivity index (χ2v) is 8.22. The van der Waals surface area contributed by atoms with Gasteiger partial charge in [0.15, 0.2) is 0 Å². The van der Waals surface area contributed by atoms with Gasteiger partial charge in [-0.1, -0.05) is 42.4 Å². The molecule has 7 nitrogen and oxygen atoms in total. The van der Waals surface area contributed by atoms with Crippen molar-refractivity contribution in [3.63, 3.8) is 0 Å². The van der Waals surface area contributed by atoms with Crippen molar-refractivity contribution in [1.82, 2.24) is 19.9 Å². The second-order valence-electron chi connectivity index (χ2n) is 7.62. The topological polar surface area (TPSA) is 81.4 Å². The standard InChI is InChI=1S/C26H28ClN5O2/c1-19(27)15-24-25(20(2)28-3)31-18-32(24)13-6-7-14-34-26(33)30-17-21-9-8-10-22(16-21)23-11-4-5-12-29-23/h4-5,8-12,15-16,18H,2-3,6-7,13-14,17H2,1H3,(H,30,33)/b19-15+. The van der Waals surface area contributed by atoms with Crippen LogP contribution in [0.15, 0.2) is 71.6 Å². The lowest BCUT2D eigenvalue weighted by molar-refractivity contribution is 0.143. The lowest BCUT2D eigenvalue weighted by Gasteiger charge is -2.09. The molecule has 0 spiro atoms. The first-order valence-corrected chi connectivity index (χ1v) is 11.3. The predicted molar refractivity (Wildman–Crippen MR) is 137 cm³/mol. The molecule has 0 aliphatic carbocycles. The molecule has 0 atom stereocenters. The van der Waals surface area contributed by atoms with Crippen LogP contribution in [0.1, 0.15) is 36.7 Å². The molecule has 1 aromatic carbocycles. The summed E-state index contributed by atoms with van der Waals surface area (Å²) >= 11 is 6.07. The normalized spacial score (nSPS) is 11.2. The van der Waals surface area contributed by atoms with Gasteiger partial charge in [-0.2, -0.15) is 0 Å². The Morgan fingerprint density at radius 3 is 2.82 bits per heavy atom. The first-order chi connectivity index (χ1) is 16.5. The number of imidazole rings is 1. The smallest absolute Gasteiger partial charge is 0.407 e. The highest BCUT2D eigenvalue weighted by molar-refractivity contribution is 6.31. The van der Waals surface area contributed by atoms with Crippen LogP contribution in [0.25, 0.3) is 23.0 Å². The van der Waals surface area contributed by atoms with Gasteiger partial charge in [-0.15, -0.1) is 0 Å². The highest BCUT2D eigenvalue weighted by Crippen LogP contribution is 2.21. The number of aromatic nitrogens is 3. The number of aliphatic imine (C=N–C) groups is 1. The molecule has 1 N–H and O–H groups in total. The summed E-state index contributed by atoms with van der Waals surface area (Å²) in [6.07, 6.45) is 6.37. The highest BCUT2D eigenvalue weighted by Gasteiger charge is 2.11. The van der Waals surface area contributed by atoms with Gasteiger partial charge in [-0.3, -0.25) is 9.98 Å². The van der Waals surface area contributed by atoms with E-state index >= 15 is 0 Å². The van der Waals surface area contributed by atoms with Gasteiger partial charge in [0.2, 0.25) is 0 Å². The number of benzene rings is 1. The number of ether oxygens (including phenoxy) is 1. The summed E-state index contributed by atoms with van der Waals surface area (Å²) in [5, 5.41) is 3.42. The minimum Gasteiger partial charge on any atom is -0.450 e. The van der Waals surface area contributed by atoms with Gasteiger partial charge in [-0.05, 0) is 56.3 Å². The van der Waals surface area contributed by atoms with Crippen molar-refractivity contribution >= 4 is 36.2 Å². The van der Waals surface area contributed by atoms with E-state index in [9.17, 15) is 4.79 Å². The molecule has 0 saturated heterocycles. The molecule has 0 fully saturated rings. The maximum absolute atomic E-state index is 12.1. The molecular weight excluding hydrogens is 450 g/mol. The van der Waals surface area contributed by atoms with Gasteiger partial charge in [0.25, 0.3) is 0 Å². The molecule has 34 heavy (non-hydrogen) atoms. The molecule has 1 amide bonds. The van der Waals surface area contributed by atoms with E-state index in [1.165, 1.54) is 0 Å². The number of amides is 1. The van der Waals surface area contributed by atoms with E-state index in [-0.39, 0.29) is 0 Å². The Morgan fingerprint density at radius 1 is 1.24 bits per heavy atom. The molecule has 2 aromatic heterocycles. The van der Waals surface area contributed by atoms with Crippen LogP contribution in [0.2, 0.25) is 0 Å². The summed E-state index contributed by atoms with van der Waals surface area (Å²) < 4.78 is 7.29. The summed E-state index contributed by atoms with van der Waals surface area (Å²) in [6, 6.07) is 13.7. The molecule has 0 aliphatic heterocycles. The third-order valence-electron chi connectivity index (χ3n) is 5.03. The third-order valence-corrected chi connectivity index (χ3v) is 5.14. The molecule has 0 unspecified atom stereocenters. The van der Waals surface area contributed by atoms with E-state index in [0.29, 0.717) is 42.5 Å². The van der Waals surface area contributed by atoms with Gasteiger partial charge < -0.3 is 14.6 Å². The van der Waals surface area contributed by atoms with E-state index in [1.807, 2.05) is 53.1 Å². The lowest BCUT2D eigenvalue weighted by atomic mass is 10.1. The predicted octanol–water partition coefficient (Wildman–Crippen LogP) is 5.92. The molecule has 0 radical (unpaired) electrons. The van der Waals surface area contributed by atoms with Crippen LogP contribution in [-0.2, 0) is 17.8 Å². The zero-order valence-electron chi connectivity index (χ0n) is 19.2. The number of alkyl carbamates (subject to hydrolysis) is 1. The fraction of sp³-hybridized carbons (Fsp3) is 0.231. The number of unbranched alkanes of at least 4 members (excludes halogenated alkanes) is 1.